The molecular weight excluding hydrogens is 255 g/mol. The molecule has 1 aromatic heterocycles. The molecule has 0 saturated carbocycles. The van der Waals surface area contributed by atoms with E-state index in [1.54, 1.807) is 24.0 Å². The molecule has 102 valence electrons. The van der Waals surface area contributed by atoms with Crippen LogP contribution in [0.25, 0.3) is 0 Å². The normalized spacial score (nSPS) is 11.8. The minimum Gasteiger partial charge on any atom is -0.307 e. The highest BCUT2D eigenvalue weighted by Crippen LogP contribution is 2.31. The first-order valence-corrected chi connectivity index (χ1v) is 5.81. The van der Waals surface area contributed by atoms with E-state index < -0.39 is 11.7 Å². The van der Waals surface area contributed by atoms with Gasteiger partial charge in [0.05, 0.1) is 11.3 Å². The first kappa shape index (κ1) is 13.6. The fourth-order valence-corrected chi connectivity index (χ4v) is 1.85. The van der Waals surface area contributed by atoms with Gasteiger partial charge < -0.3 is 5.32 Å². The van der Waals surface area contributed by atoms with E-state index >= 15 is 0 Å². The van der Waals surface area contributed by atoms with Crippen molar-refractivity contribution in [3.05, 3.63) is 53.3 Å². The van der Waals surface area contributed by atoms with Gasteiger partial charge in [-0.15, -0.1) is 0 Å². The maximum Gasteiger partial charge on any atom is 0.416 e. The van der Waals surface area contributed by atoms with Crippen LogP contribution < -0.4 is 5.32 Å². The number of hydrogen-bond donors (Lipinski definition) is 1. The van der Waals surface area contributed by atoms with Crippen LogP contribution in [0.4, 0.5) is 13.2 Å². The van der Waals surface area contributed by atoms with Gasteiger partial charge in [-0.3, -0.25) is 4.68 Å². The summed E-state index contributed by atoms with van der Waals surface area (Å²) in [5, 5.41) is 6.99. The second-order valence-corrected chi connectivity index (χ2v) is 4.20. The molecule has 2 rings (SSSR count). The Kier molecular flexibility index (Phi) is 3.90. The zero-order valence-corrected chi connectivity index (χ0v) is 10.4. The van der Waals surface area contributed by atoms with Crippen LogP contribution in [0.5, 0.6) is 0 Å². The predicted octanol–water partition coefficient (Wildman–Crippen LogP) is 2.73. The lowest BCUT2D eigenvalue weighted by Gasteiger charge is -2.13. The van der Waals surface area contributed by atoms with Gasteiger partial charge in [-0.2, -0.15) is 18.3 Å². The molecule has 19 heavy (non-hydrogen) atoms. The smallest absolute Gasteiger partial charge is 0.307 e. The van der Waals surface area contributed by atoms with Crippen molar-refractivity contribution >= 4 is 0 Å². The van der Waals surface area contributed by atoms with Gasteiger partial charge in [0.25, 0.3) is 0 Å². The molecule has 0 aliphatic heterocycles. The van der Waals surface area contributed by atoms with Gasteiger partial charge in [0, 0.05) is 26.3 Å². The van der Waals surface area contributed by atoms with Gasteiger partial charge in [0.2, 0.25) is 0 Å². The highest BCUT2D eigenvalue weighted by atomic mass is 19.4. The Morgan fingerprint density at radius 1 is 1.16 bits per heavy atom. The lowest BCUT2D eigenvalue weighted by Crippen LogP contribution is -2.18. The van der Waals surface area contributed by atoms with Crippen LogP contribution in [-0.4, -0.2) is 9.78 Å². The molecule has 1 aromatic carbocycles. The van der Waals surface area contributed by atoms with Crippen LogP contribution in [0.2, 0.25) is 0 Å². The van der Waals surface area contributed by atoms with Crippen molar-refractivity contribution in [2.24, 2.45) is 7.05 Å². The van der Waals surface area contributed by atoms with Crippen LogP contribution in [0.3, 0.4) is 0 Å². The third-order valence-electron chi connectivity index (χ3n) is 2.87. The van der Waals surface area contributed by atoms with Crippen LogP contribution >= 0.6 is 0 Å². The Morgan fingerprint density at radius 2 is 1.89 bits per heavy atom. The van der Waals surface area contributed by atoms with E-state index in [9.17, 15) is 13.2 Å². The maximum atomic E-state index is 12.8. The van der Waals surface area contributed by atoms with Gasteiger partial charge in [0.1, 0.15) is 0 Å². The van der Waals surface area contributed by atoms with Crippen LogP contribution in [0.1, 0.15) is 16.8 Å². The molecular formula is C13H14F3N3. The zero-order chi connectivity index (χ0) is 13.9. The summed E-state index contributed by atoms with van der Waals surface area (Å²) in [7, 11) is 1.79. The van der Waals surface area contributed by atoms with Crippen molar-refractivity contribution in [3.63, 3.8) is 0 Å². The summed E-state index contributed by atoms with van der Waals surface area (Å²) in [6.45, 7) is 0.642. The number of halogens is 3. The summed E-state index contributed by atoms with van der Waals surface area (Å²) in [6, 6.07) is 7.41. The fourth-order valence-electron chi connectivity index (χ4n) is 1.85. The van der Waals surface area contributed by atoms with E-state index in [1.165, 1.54) is 12.1 Å². The molecule has 0 atom stereocenters. The van der Waals surface area contributed by atoms with Crippen molar-refractivity contribution in [1.29, 1.82) is 0 Å². The SMILES string of the molecule is Cn1nccc1CNCc1ccccc1C(F)(F)F. The van der Waals surface area contributed by atoms with E-state index in [4.69, 9.17) is 0 Å². The third kappa shape index (κ3) is 3.35. The minimum absolute atomic E-state index is 0.168. The molecule has 3 nitrogen and oxygen atoms in total. The number of nitrogens with zero attached hydrogens (tertiary/aromatic N) is 2. The van der Waals surface area contributed by atoms with E-state index in [2.05, 4.69) is 10.4 Å². The van der Waals surface area contributed by atoms with E-state index in [1.807, 2.05) is 6.07 Å². The van der Waals surface area contributed by atoms with Gasteiger partial charge in [0.15, 0.2) is 0 Å². The summed E-state index contributed by atoms with van der Waals surface area (Å²) < 4.78 is 40.0. The van der Waals surface area contributed by atoms with Gasteiger partial charge >= 0.3 is 6.18 Å². The Balaban J connectivity index is 2.02. The lowest BCUT2D eigenvalue weighted by molar-refractivity contribution is -0.138. The van der Waals surface area contributed by atoms with E-state index in [0.717, 1.165) is 11.8 Å². The number of aromatic nitrogens is 2. The van der Waals surface area contributed by atoms with Crippen molar-refractivity contribution in [3.8, 4) is 0 Å². The molecule has 0 amide bonds. The Morgan fingerprint density at radius 3 is 2.53 bits per heavy atom. The summed E-state index contributed by atoms with van der Waals surface area (Å²) in [5.74, 6) is 0. The predicted molar refractivity (Wildman–Crippen MR) is 65.2 cm³/mol. The van der Waals surface area contributed by atoms with E-state index in [0.29, 0.717) is 6.54 Å². The second-order valence-electron chi connectivity index (χ2n) is 4.20. The van der Waals surface area contributed by atoms with Crippen molar-refractivity contribution in [2.75, 3.05) is 0 Å². The second kappa shape index (κ2) is 5.44. The molecule has 6 heteroatoms. The summed E-state index contributed by atoms with van der Waals surface area (Å²) in [6.07, 6.45) is -2.66. The summed E-state index contributed by atoms with van der Waals surface area (Å²) >= 11 is 0. The van der Waals surface area contributed by atoms with Crippen molar-refractivity contribution in [2.45, 2.75) is 19.3 Å². The minimum atomic E-state index is -4.31. The van der Waals surface area contributed by atoms with Crippen molar-refractivity contribution < 1.29 is 13.2 Å². The molecule has 0 unspecified atom stereocenters. The van der Waals surface area contributed by atoms with Gasteiger partial charge in [-0.1, -0.05) is 18.2 Å². The molecule has 0 fully saturated rings. The molecule has 0 radical (unpaired) electrons. The monoisotopic (exact) mass is 269 g/mol. The Labute approximate surface area is 109 Å². The molecule has 1 N–H and O–H groups in total. The fraction of sp³-hybridized carbons (Fsp3) is 0.308. The number of aryl methyl sites for hydroxylation is 1. The number of benzene rings is 1. The highest BCUT2D eigenvalue weighted by molar-refractivity contribution is 5.29. The molecule has 2 aromatic rings. The highest BCUT2D eigenvalue weighted by Gasteiger charge is 2.32. The number of nitrogens with one attached hydrogen (secondary N) is 1. The zero-order valence-electron chi connectivity index (χ0n) is 10.4. The number of rotatable bonds is 4. The summed E-state index contributed by atoms with van der Waals surface area (Å²) in [5.41, 5.74) is 0.578. The molecule has 0 aliphatic rings. The lowest BCUT2D eigenvalue weighted by atomic mass is 10.1. The van der Waals surface area contributed by atoms with Gasteiger partial charge in [-0.25, -0.2) is 0 Å². The average molecular weight is 269 g/mol. The van der Waals surface area contributed by atoms with Crippen LogP contribution in [0.15, 0.2) is 36.5 Å². The van der Waals surface area contributed by atoms with Crippen molar-refractivity contribution in [1.82, 2.24) is 15.1 Å². The molecule has 1 heterocycles. The quantitative estimate of drug-likeness (QED) is 0.925. The average Bonchev–Trinajstić information content (AvgIpc) is 2.75. The standard InChI is InChI=1S/C13H14F3N3/c1-19-11(6-7-18-19)9-17-8-10-4-2-3-5-12(10)13(14,15)16/h2-7,17H,8-9H2,1H3. The first-order chi connectivity index (χ1) is 8.98. The largest absolute Gasteiger partial charge is 0.416 e. The topological polar surface area (TPSA) is 29.9 Å². The van der Waals surface area contributed by atoms with Crippen LogP contribution in [0, 0.1) is 0 Å². The number of alkyl halides is 3. The molecule has 0 bridgehead atoms. The first-order valence-electron chi connectivity index (χ1n) is 5.81. The Bertz CT molecular complexity index is 546. The third-order valence-corrected chi connectivity index (χ3v) is 2.87. The summed E-state index contributed by atoms with van der Waals surface area (Å²) in [4.78, 5) is 0. The van der Waals surface area contributed by atoms with Crippen LogP contribution in [-0.2, 0) is 26.3 Å². The van der Waals surface area contributed by atoms with Gasteiger partial charge in [-0.05, 0) is 17.7 Å². The Hall–Kier alpha value is -1.82. The molecule has 0 saturated heterocycles. The maximum absolute atomic E-state index is 12.8. The number of hydrogen-bond acceptors (Lipinski definition) is 2. The van der Waals surface area contributed by atoms with E-state index in [-0.39, 0.29) is 12.1 Å². The molecule has 0 spiro atoms. The molecule has 0 aliphatic carbocycles.